The molecule has 0 spiro atoms. The predicted octanol–water partition coefficient (Wildman–Crippen LogP) is 3.88. The number of pyridine rings is 1. The third-order valence-corrected chi connectivity index (χ3v) is 4.22. The molecule has 0 aliphatic carbocycles. The van der Waals surface area contributed by atoms with Crippen LogP contribution in [0.1, 0.15) is 37.5 Å². The summed E-state index contributed by atoms with van der Waals surface area (Å²) in [7, 11) is 0. The second kappa shape index (κ2) is 8.27. The van der Waals surface area contributed by atoms with Crippen molar-refractivity contribution < 1.29 is 9.59 Å². The fourth-order valence-corrected chi connectivity index (χ4v) is 2.58. The maximum Gasteiger partial charge on any atom is 0.270 e. The SMILES string of the molecule is Cc1ccc(CNC(=O)c2cc(C(=O)Nc3ccccc3C)ccn2)cc1. The van der Waals surface area contributed by atoms with E-state index in [-0.39, 0.29) is 17.5 Å². The van der Waals surface area contributed by atoms with Crippen molar-refractivity contribution >= 4 is 17.5 Å². The quantitative estimate of drug-likeness (QED) is 0.726. The zero-order valence-electron chi connectivity index (χ0n) is 15.3. The minimum absolute atomic E-state index is 0.208. The highest BCUT2D eigenvalue weighted by Crippen LogP contribution is 2.15. The number of aryl methyl sites for hydroxylation is 2. The van der Waals surface area contributed by atoms with Crippen molar-refractivity contribution in [2.75, 3.05) is 5.32 Å². The zero-order chi connectivity index (χ0) is 19.2. The monoisotopic (exact) mass is 359 g/mol. The predicted molar refractivity (Wildman–Crippen MR) is 106 cm³/mol. The zero-order valence-corrected chi connectivity index (χ0v) is 15.3. The Hall–Kier alpha value is -3.47. The first-order valence-electron chi connectivity index (χ1n) is 8.70. The Morgan fingerprint density at radius 1 is 0.926 bits per heavy atom. The number of hydrogen-bond donors (Lipinski definition) is 2. The van der Waals surface area contributed by atoms with Gasteiger partial charge in [0.1, 0.15) is 5.69 Å². The molecular formula is C22H21N3O2. The van der Waals surface area contributed by atoms with E-state index in [1.807, 2.05) is 62.4 Å². The maximum atomic E-state index is 12.5. The summed E-state index contributed by atoms with van der Waals surface area (Å²) in [4.78, 5) is 28.9. The molecule has 0 bridgehead atoms. The van der Waals surface area contributed by atoms with Crippen LogP contribution >= 0.6 is 0 Å². The molecule has 0 unspecified atom stereocenters. The highest BCUT2D eigenvalue weighted by molar-refractivity contribution is 6.06. The van der Waals surface area contributed by atoms with Crippen LogP contribution in [0.15, 0.2) is 66.9 Å². The Labute approximate surface area is 158 Å². The van der Waals surface area contributed by atoms with Crippen LogP contribution in [0.2, 0.25) is 0 Å². The number of para-hydroxylation sites is 1. The van der Waals surface area contributed by atoms with Crippen molar-refractivity contribution in [3.05, 3.63) is 94.8 Å². The van der Waals surface area contributed by atoms with Crippen LogP contribution in [0.4, 0.5) is 5.69 Å². The molecule has 0 atom stereocenters. The molecule has 0 aliphatic rings. The topological polar surface area (TPSA) is 71.1 Å². The summed E-state index contributed by atoms with van der Waals surface area (Å²) in [5, 5.41) is 5.68. The summed E-state index contributed by atoms with van der Waals surface area (Å²) >= 11 is 0. The van der Waals surface area contributed by atoms with E-state index in [0.29, 0.717) is 12.1 Å². The Bertz CT molecular complexity index is 965. The van der Waals surface area contributed by atoms with Crippen molar-refractivity contribution in [2.45, 2.75) is 20.4 Å². The van der Waals surface area contributed by atoms with Crippen molar-refractivity contribution in [3.8, 4) is 0 Å². The second-order valence-electron chi connectivity index (χ2n) is 6.37. The lowest BCUT2D eigenvalue weighted by Gasteiger charge is -2.09. The highest BCUT2D eigenvalue weighted by Gasteiger charge is 2.12. The molecule has 2 N–H and O–H groups in total. The van der Waals surface area contributed by atoms with Crippen molar-refractivity contribution in [2.24, 2.45) is 0 Å². The van der Waals surface area contributed by atoms with E-state index < -0.39 is 0 Å². The minimum Gasteiger partial charge on any atom is -0.347 e. The normalized spacial score (nSPS) is 10.3. The van der Waals surface area contributed by atoms with E-state index in [0.717, 1.165) is 16.8 Å². The first kappa shape index (κ1) is 18.3. The first-order chi connectivity index (χ1) is 13.0. The van der Waals surface area contributed by atoms with Gasteiger partial charge in [0.2, 0.25) is 0 Å². The van der Waals surface area contributed by atoms with Crippen molar-refractivity contribution in [3.63, 3.8) is 0 Å². The molecule has 1 aromatic heterocycles. The van der Waals surface area contributed by atoms with Gasteiger partial charge in [0.15, 0.2) is 0 Å². The molecule has 0 saturated heterocycles. The Morgan fingerprint density at radius 3 is 2.41 bits per heavy atom. The van der Waals surface area contributed by atoms with Gasteiger partial charge in [0, 0.05) is 24.0 Å². The van der Waals surface area contributed by atoms with Gasteiger partial charge in [-0.25, -0.2) is 0 Å². The largest absolute Gasteiger partial charge is 0.347 e. The number of anilines is 1. The second-order valence-corrected chi connectivity index (χ2v) is 6.37. The number of carbonyl (C=O) groups excluding carboxylic acids is 2. The summed E-state index contributed by atoms with van der Waals surface area (Å²) in [6, 6.07) is 18.5. The van der Waals surface area contributed by atoms with Crippen LogP contribution in [0.5, 0.6) is 0 Å². The molecule has 3 rings (SSSR count). The summed E-state index contributed by atoms with van der Waals surface area (Å²) in [5.74, 6) is -0.597. The highest BCUT2D eigenvalue weighted by atomic mass is 16.2. The number of aromatic nitrogens is 1. The molecular weight excluding hydrogens is 338 g/mol. The standard InChI is InChI=1S/C22H21N3O2/c1-15-7-9-17(10-8-15)14-24-22(27)20-13-18(11-12-23-20)21(26)25-19-6-4-3-5-16(19)2/h3-13H,14H2,1-2H3,(H,24,27)(H,25,26). The van der Waals surface area contributed by atoms with Gasteiger partial charge in [-0.05, 0) is 43.2 Å². The fourth-order valence-electron chi connectivity index (χ4n) is 2.58. The van der Waals surface area contributed by atoms with Gasteiger partial charge >= 0.3 is 0 Å². The van der Waals surface area contributed by atoms with Gasteiger partial charge in [-0.15, -0.1) is 0 Å². The molecule has 1 heterocycles. The molecule has 5 nitrogen and oxygen atoms in total. The molecule has 0 aliphatic heterocycles. The molecule has 2 amide bonds. The number of hydrogen-bond acceptors (Lipinski definition) is 3. The lowest BCUT2D eigenvalue weighted by Crippen LogP contribution is -2.24. The van der Waals surface area contributed by atoms with Crippen LogP contribution in [-0.2, 0) is 6.54 Å². The fraction of sp³-hybridized carbons (Fsp3) is 0.136. The maximum absolute atomic E-state index is 12.5. The van der Waals surface area contributed by atoms with Crippen LogP contribution in [0, 0.1) is 13.8 Å². The smallest absolute Gasteiger partial charge is 0.270 e. The van der Waals surface area contributed by atoms with Gasteiger partial charge in [0.25, 0.3) is 11.8 Å². The summed E-state index contributed by atoms with van der Waals surface area (Å²) < 4.78 is 0. The van der Waals surface area contributed by atoms with Crippen LogP contribution in [0.3, 0.4) is 0 Å². The van der Waals surface area contributed by atoms with Crippen LogP contribution in [-0.4, -0.2) is 16.8 Å². The van der Waals surface area contributed by atoms with E-state index >= 15 is 0 Å². The van der Waals surface area contributed by atoms with E-state index in [1.165, 1.54) is 17.8 Å². The van der Waals surface area contributed by atoms with Gasteiger partial charge in [0.05, 0.1) is 0 Å². The molecule has 5 heteroatoms. The van der Waals surface area contributed by atoms with Crippen molar-refractivity contribution in [1.82, 2.24) is 10.3 Å². The molecule has 2 aromatic carbocycles. The first-order valence-corrected chi connectivity index (χ1v) is 8.70. The molecule has 0 saturated carbocycles. The average molecular weight is 359 g/mol. The van der Waals surface area contributed by atoms with Crippen LogP contribution < -0.4 is 10.6 Å². The molecule has 0 fully saturated rings. The van der Waals surface area contributed by atoms with Gasteiger partial charge in [-0.1, -0.05) is 48.0 Å². The van der Waals surface area contributed by atoms with Gasteiger partial charge < -0.3 is 10.6 Å². The van der Waals surface area contributed by atoms with Gasteiger partial charge in [-0.3, -0.25) is 14.6 Å². The van der Waals surface area contributed by atoms with Gasteiger partial charge in [-0.2, -0.15) is 0 Å². The number of nitrogens with one attached hydrogen (secondary N) is 2. The van der Waals surface area contributed by atoms with E-state index in [9.17, 15) is 9.59 Å². The van der Waals surface area contributed by atoms with E-state index in [2.05, 4.69) is 15.6 Å². The number of benzene rings is 2. The Balaban J connectivity index is 1.67. The lowest BCUT2D eigenvalue weighted by atomic mass is 10.1. The third kappa shape index (κ3) is 4.79. The molecule has 3 aromatic rings. The minimum atomic E-state index is -0.318. The van der Waals surface area contributed by atoms with Crippen LogP contribution in [0.25, 0.3) is 0 Å². The Morgan fingerprint density at radius 2 is 1.67 bits per heavy atom. The number of amides is 2. The molecule has 0 radical (unpaired) electrons. The molecule has 136 valence electrons. The molecule has 27 heavy (non-hydrogen) atoms. The Kier molecular flexibility index (Phi) is 5.61. The number of rotatable bonds is 5. The average Bonchev–Trinajstić information content (AvgIpc) is 2.69. The van der Waals surface area contributed by atoms with E-state index in [4.69, 9.17) is 0 Å². The number of nitrogens with zero attached hydrogens (tertiary/aromatic N) is 1. The third-order valence-electron chi connectivity index (χ3n) is 4.22. The lowest BCUT2D eigenvalue weighted by molar-refractivity contribution is 0.0946. The van der Waals surface area contributed by atoms with E-state index in [1.54, 1.807) is 6.07 Å². The summed E-state index contributed by atoms with van der Waals surface area (Å²) in [5.41, 5.74) is 4.47. The van der Waals surface area contributed by atoms with Crippen molar-refractivity contribution in [1.29, 1.82) is 0 Å². The summed E-state index contributed by atoms with van der Waals surface area (Å²) in [6.45, 7) is 4.34. The number of carbonyl (C=O) groups is 2. The summed E-state index contributed by atoms with van der Waals surface area (Å²) in [6.07, 6.45) is 1.47.